The molecule has 0 bridgehead atoms. The van der Waals surface area contributed by atoms with E-state index in [0.717, 1.165) is 6.08 Å². The van der Waals surface area contributed by atoms with Crippen LogP contribution in [0.15, 0.2) is 12.2 Å². The van der Waals surface area contributed by atoms with E-state index < -0.39 is 11.6 Å². The highest BCUT2D eigenvalue weighted by Gasteiger charge is 2.19. The van der Waals surface area contributed by atoms with E-state index in [2.05, 4.69) is 5.32 Å². The third kappa shape index (κ3) is 9.40. The summed E-state index contributed by atoms with van der Waals surface area (Å²) >= 11 is 0. The summed E-state index contributed by atoms with van der Waals surface area (Å²) in [7, 11) is 3.78. The Morgan fingerprint density at radius 3 is 2.60 bits per heavy atom. The monoisotopic (exact) mass is 216 g/mol. The number of nitrogens with one attached hydrogen (secondary N) is 1. The molecule has 0 spiro atoms. The molecule has 15 heavy (non-hydrogen) atoms. The molecule has 3 N–H and O–H groups in total. The van der Waals surface area contributed by atoms with Crippen LogP contribution in [0.1, 0.15) is 6.92 Å². The number of rotatable bonds is 7. The van der Waals surface area contributed by atoms with E-state index >= 15 is 0 Å². The summed E-state index contributed by atoms with van der Waals surface area (Å²) < 4.78 is 0. The van der Waals surface area contributed by atoms with Gasteiger partial charge in [-0.1, -0.05) is 6.08 Å². The van der Waals surface area contributed by atoms with Crippen molar-refractivity contribution in [2.45, 2.75) is 12.5 Å². The van der Waals surface area contributed by atoms with E-state index in [-0.39, 0.29) is 0 Å². The molecule has 5 heteroatoms. The second-order valence-electron chi connectivity index (χ2n) is 4.11. The fraction of sp³-hybridized carbons (Fsp3) is 0.700. The van der Waals surface area contributed by atoms with Gasteiger partial charge in [0, 0.05) is 25.7 Å². The van der Waals surface area contributed by atoms with Crippen LogP contribution >= 0.6 is 0 Å². The number of carbonyl (C=O) groups is 1. The molecule has 0 aliphatic carbocycles. The van der Waals surface area contributed by atoms with Crippen molar-refractivity contribution in [1.82, 2.24) is 10.2 Å². The van der Waals surface area contributed by atoms with Gasteiger partial charge in [-0.05, 0) is 21.0 Å². The van der Waals surface area contributed by atoms with E-state index in [0.29, 0.717) is 19.6 Å². The zero-order valence-electron chi connectivity index (χ0n) is 9.53. The van der Waals surface area contributed by atoms with Gasteiger partial charge in [0.05, 0.1) is 5.60 Å². The first-order valence-electron chi connectivity index (χ1n) is 4.81. The maximum atomic E-state index is 10.1. The zero-order valence-corrected chi connectivity index (χ0v) is 9.53. The van der Waals surface area contributed by atoms with Crippen LogP contribution in [0.2, 0.25) is 0 Å². The highest BCUT2D eigenvalue weighted by atomic mass is 16.4. The lowest BCUT2D eigenvalue weighted by Crippen LogP contribution is -2.45. The Hall–Kier alpha value is -0.910. The van der Waals surface area contributed by atoms with Crippen LogP contribution in [-0.4, -0.2) is 60.4 Å². The van der Waals surface area contributed by atoms with Crippen molar-refractivity contribution in [2.75, 3.05) is 33.7 Å². The summed E-state index contributed by atoms with van der Waals surface area (Å²) in [4.78, 5) is 12.0. The summed E-state index contributed by atoms with van der Waals surface area (Å²) in [5, 5.41) is 21.1. The summed E-state index contributed by atoms with van der Waals surface area (Å²) in [6.07, 6.45) is 2.59. The van der Waals surface area contributed by atoms with Gasteiger partial charge in [-0.25, -0.2) is 4.79 Å². The standard InChI is InChI=1S/C10H20N2O3/c1-10(15,8-12(2)3)7-11-6-4-5-9(13)14/h4-5,11,15H,6-8H2,1-3H3,(H,13,14)/b5-4+. The van der Waals surface area contributed by atoms with E-state index in [1.165, 1.54) is 6.08 Å². The maximum Gasteiger partial charge on any atom is 0.328 e. The Labute approximate surface area is 90.4 Å². The first-order chi connectivity index (χ1) is 6.83. The van der Waals surface area contributed by atoms with E-state index in [1.54, 1.807) is 6.92 Å². The first-order valence-corrected chi connectivity index (χ1v) is 4.81. The van der Waals surface area contributed by atoms with E-state index in [1.807, 2.05) is 19.0 Å². The molecule has 0 radical (unpaired) electrons. The maximum absolute atomic E-state index is 10.1. The molecule has 0 aliphatic heterocycles. The van der Waals surface area contributed by atoms with Crippen LogP contribution in [0.5, 0.6) is 0 Å². The van der Waals surface area contributed by atoms with Crippen molar-refractivity contribution in [3.63, 3.8) is 0 Å². The number of carboxylic acids is 1. The number of carboxylic acid groups (broad SMARTS) is 1. The van der Waals surface area contributed by atoms with Crippen LogP contribution in [0.4, 0.5) is 0 Å². The number of aliphatic hydroxyl groups is 1. The van der Waals surface area contributed by atoms with Gasteiger partial charge in [0.1, 0.15) is 0 Å². The molecule has 0 fully saturated rings. The van der Waals surface area contributed by atoms with Gasteiger partial charge in [0.15, 0.2) is 0 Å². The minimum absolute atomic E-state index is 0.426. The fourth-order valence-electron chi connectivity index (χ4n) is 1.32. The molecule has 0 aromatic heterocycles. The molecule has 0 aliphatic rings. The summed E-state index contributed by atoms with van der Waals surface area (Å²) in [6.45, 7) is 3.16. The fourth-order valence-corrected chi connectivity index (χ4v) is 1.32. The molecule has 0 saturated heterocycles. The Bertz CT molecular complexity index is 225. The second-order valence-corrected chi connectivity index (χ2v) is 4.11. The van der Waals surface area contributed by atoms with Crippen LogP contribution in [-0.2, 0) is 4.79 Å². The quantitative estimate of drug-likeness (QED) is 0.396. The topological polar surface area (TPSA) is 72.8 Å². The highest BCUT2D eigenvalue weighted by Crippen LogP contribution is 2.01. The van der Waals surface area contributed by atoms with Gasteiger partial charge in [0.2, 0.25) is 0 Å². The molecule has 5 nitrogen and oxygen atoms in total. The van der Waals surface area contributed by atoms with Gasteiger partial charge in [-0.15, -0.1) is 0 Å². The van der Waals surface area contributed by atoms with Gasteiger partial charge in [-0.3, -0.25) is 0 Å². The molecule has 0 aromatic carbocycles. The van der Waals surface area contributed by atoms with Crippen molar-refractivity contribution in [1.29, 1.82) is 0 Å². The first kappa shape index (κ1) is 14.1. The average molecular weight is 216 g/mol. The van der Waals surface area contributed by atoms with E-state index in [9.17, 15) is 9.90 Å². The van der Waals surface area contributed by atoms with Crippen molar-refractivity contribution < 1.29 is 15.0 Å². The number of aliphatic carboxylic acids is 1. The predicted octanol–water partition coefficient (Wildman–Crippen LogP) is -0.471. The summed E-state index contributed by atoms with van der Waals surface area (Å²) in [6, 6.07) is 0. The van der Waals surface area contributed by atoms with Crippen LogP contribution in [0, 0.1) is 0 Å². The molecule has 0 aromatic rings. The molecule has 1 unspecified atom stereocenters. The Balaban J connectivity index is 3.70. The minimum atomic E-state index is -0.961. The Kier molecular flexibility index (Phi) is 6.15. The van der Waals surface area contributed by atoms with Crippen molar-refractivity contribution in [2.24, 2.45) is 0 Å². The van der Waals surface area contributed by atoms with Gasteiger partial charge >= 0.3 is 5.97 Å². The molecule has 88 valence electrons. The van der Waals surface area contributed by atoms with Crippen molar-refractivity contribution in [3.05, 3.63) is 12.2 Å². The normalized spacial score (nSPS) is 15.8. The van der Waals surface area contributed by atoms with Gasteiger partial charge < -0.3 is 20.4 Å². The number of hydrogen-bond acceptors (Lipinski definition) is 4. The second kappa shape index (κ2) is 6.55. The van der Waals surface area contributed by atoms with Crippen molar-refractivity contribution >= 4 is 5.97 Å². The summed E-state index contributed by atoms with van der Waals surface area (Å²) in [5.41, 5.74) is -0.805. The minimum Gasteiger partial charge on any atom is -0.478 e. The highest BCUT2D eigenvalue weighted by molar-refractivity contribution is 5.79. The predicted molar refractivity (Wildman–Crippen MR) is 58.8 cm³/mol. The van der Waals surface area contributed by atoms with Crippen molar-refractivity contribution in [3.8, 4) is 0 Å². The molecular formula is C10H20N2O3. The van der Waals surface area contributed by atoms with Gasteiger partial charge in [-0.2, -0.15) is 0 Å². The smallest absolute Gasteiger partial charge is 0.328 e. The third-order valence-electron chi connectivity index (χ3n) is 1.69. The number of likely N-dealkylation sites (N-methyl/N-ethyl adjacent to an activating group) is 1. The SMILES string of the molecule is CN(C)CC(C)(O)CNC/C=C/C(=O)O. The van der Waals surface area contributed by atoms with Crippen LogP contribution < -0.4 is 5.32 Å². The average Bonchev–Trinajstić information content (AvgIpc) is 1.99. The largest absolute Gasteiger partial charge is 0.478 e. The Morgan fingerprint density at radius 2 is 2.13 bits per heavy atom. The molecule has 0 saturated carbocycles. The molecular weight excluding hydrogens is 196 g/mol. The van der Waals surface area contributed by atoms with E-state index in [4.69, 9.17) is 5.11 Å². The molecule has 0 rings (SSSR count). The Morgan fingerprint density at radius 1 is 1.53 bits per heavy atom. The molecule has 0 heterocycles. The van der Waals surface area contributed by atoms with Crippen LogP contribution in [0.3, 0.4) is 0 Å². The lowest BCUT2D eigenvalue weighted by atomic mass is 10.1. The third-order valence-corrected chi connectivity index (χ3v) is 1.69. The summed E-state index contributed by atoms with van der Waals surface area (Å²) in [5.74, 6) is -0.961. The molecule has 0 amide bonds. The number of hydrogen-bond donors (Lipinski definition) is 3. The van der Waals surface area contributed by atoms with Gasteiger partial charge in [0.25, 0.3) is 0 Å². The lowest BCUT2D eigenvalue weighted by molar-refractivity contribution is -0.131. The van der Waals surface area contributed by atoms with Crippen LogP contribution in [0.25, 0.3) is 0 Å². The number of nitrogens with zero attached hydrogens (tertiary/aromatic N) is 1. The zero-order chi connectivity index (χ0) is 11.9. The molecule has 1 atom stereocenters. The lowest BCUT2D eigenvalue weighted by Gasteiger charge is -2.26.